The Balaban J connectivity index is 1.52. The summed E-state index contributed by atoms with van der Waals surface area (Å²) < 4.78 is 13.6. The van der Waals surface area contributed by atoms with Crippen LogP contribution in [-0.2, 0) is 6.42 Å². The van der Waals surface area contributed by atoms with Crippen molar-refractivity contribution < 1.29 is 9.47 Å². The van der Waals surface area contributed by atoms with Gasteiger partial charge in [0.2, 0.25) is 6.79 Å². The molecule has 2 aliphatic rings. The van der Waals surface area contributed by atoms with Crippen molar-refractivity contribution in [2.75, 3.05) is 11.7 Å². The Labute approximate surface area is 216 Å². The Morgan fingerprint density at radius 2 is 1.81 bits per heavy atom. The molecule has 182 valence electrons. The van der Waals surface area contributed by atoms with E-state index in [1.54, 1.807) is 0 Å². The number of fused-ring (bicyclic) bond motifs is 1. The van der Waals surface area contributed by atoms with E-state index in [0.717, 1.165) is 29.3 Å². The van der Waals surface area contributed by atoms with E-state index in [9.17, 15) is 0 Å². The number of aromatic nitrogens is 2. The highest BCUT2D eigenvalue weighted by Crippen LogP contribution is 2.46. The Morgan fingerprint density at radius 3 is 2.61 bits per heavy atom. The van der Waals surface area contributed by atoms with Gasteiger partial charge in [-0.05, 0) is 80.0 Å². The summed E-state index contributed by atoms with van der Waals surface area (Å²) in [5.74, 6) is 1.49. The number of aryl methyl sites for hydroxylation is 2. The summed E-state index contributed by atoms with van der Waals surface area (Å²) in [5, 5.41) is 4.23. The van der Waals surface area contributed by atoms with Crippen LogP contribution in [0.25, 0.3) is 5.69 Å². The number of rotatable bonds is 5. The number of para-hydroxylation sites is 1. The van der Waals surface area contributed by atoms with Gasteiger partial charge in [-0.25, -0.2) is 0 Å². The minimum absolute atomic E-state index is 0.0958. The minimum atomic E-state index is -0.112. The minimum Gasteiger partial charge on any atom is -0.454 e. The Hall–Kier alpha value is -3.84. The first kappa shape index (κ1) is 22.6. The third-order valence-corrected chi connectivity index (χ3v) is 7.45. The maximum Gasteiger partial charge on any atom is 0.231 e. The van der Waals surface area contributed by atoms with Gasteiger partial charge in [0.05, 0.1) is 17.8 Å². The van der Waals surface area contributed by atoms with Crippen LogP contribution >= 0.6 is 12.2 Å². The lowest BCUT2D eigenvalue weighted by Gasteiger charge is -2.28. The molecule has 0 spiro atoms. The van der Waals surface area contributed by atoms with Crippen molar-refractivity contribution in [2.45, 2.75) is 39.3 Å². The van der Waals surface area contributed by atoms with Gasteiger partial charge in [-0.2, -0.15) is 0 Å². The molecule has 1 N–H and O–H groups in total. The molecule has 36 heavy (non-hydrogen) atoms. The SMILES string of the molecule is CCc1ccccc1-n1c(C)cc([C@H]2[C@@H](c3ccccn3)NC(=S)N2c2ccc3c(c2)OCO3)c1C. The smallest absolute Gasteiger partial charge is 0.231 e. The highest BCUT2D eigenvalue weighted by molar-refractivity contribution is 7.80. The molecule has 2 atom stereocenters. The van der Waals surface area contributed by atoms with Crippen molar-refractivity contribution in [2.24, 2.45) is 0 Å². The first-order valence-electron chi connectivity index (χ1n) is 12.2. The quantitative estimate of drug-likeness (QED) is 0.344. The van der Waals surface area contributed by atoms with Gasteiger partial charge in [0.15, 0.2) is 16.6 Å². The first-order chi connectivity index (χ1) is 17.6. The van der Waals surface area contributed by atoms with Crippen molar-refractivity contribution in [3.8, 4) is 17.2 Å². The number of pyridine rings is 1. The van der Waals surface area contributed by atoms with E-state index in [1.807, 2.05) is 36.5 Å². The second-order valence-electron chi connectivity index (χ2n) is 9.18. The van der Waals surface area contributed by atoms with E-state index in [1.165, 1.54) is 28.2 Å². The summed E-state index contributed by atoms with van der Waals surface area (Å²) in [5.41, 5.74) is 8.03. The van der Waals surface area contributed by atoms with E-state index in [-0.39, 0.29) is 18.9 Å². The Morgan fingerprint density at radius 1 is 1.00 bits per heavy atom. The molecule has 2 aromatic heterocycles. The molecule has 0 aliphatic carbocycles. The monoisotopic (exact) mass is 496 g/mol. The van der Waals surface area contributed by atoms with E-state index in [0.29, 0.717) is 5.11 Å². The number of nitrogens with zero attached hydrogens (tertiary/aromatic N) is 3. The number of hydrogen-bond acceptors (Lipinski definition) is 4. The van der Waals surface area contributed by atoms with Crippen LogP contribution in [0.4, 0.5) is 5.69 Å². The van der Waals surface area contributed by atoms with Gasteiger partial charge in [0.25, 0.3) is 0 Å². The van der Waals surface area contributed by atoms with Gasteiger partial charge in [0, 0.05) is 35.0 Å². The maximum atomic E-state index is 5.93. The summed E-state index contributed by atoms with van der Waals surface area (Å²) in [4.78, 5) is 6.89. The summed E-state index contributed by atoms with van der Waals surface area (Å²) >= 11 is 5.93. The molecule has 0 amide bonds. The summed E-state index contributed by atoms with van der Waals surface area (Å²) in [7, 11) is 0. The van der Waals surface area contributed by atoms with Gasteiger partial charge in [-0.3, -0.25) is 4.98 Å². The van der Waals surface area contributed by atoms with Crippen molar-refractivity contribution in [1.29, 1.82) is 0 Å². The molecule has 6 rings (SSSR count). The number of thiocarbonyl (C=S) groups is 1. The topological polar surface area (TPSA) is 51.6 Å². The fourth-order valence-corrected chi connectivity index (χ4v) is 5.82. The van der Waals surface area contributed by atoms with E-state index < -0.39 is 0 Å². The van der Waals surface area contributed by atoms with Crippen LogP contribution in [0.3, 0.4) is 0 Å². The Bertz CT molecular complexity index is 1450. The van der Waals surface area contributed by atoms with Crippen molar-refractivity contribution >= 4 is 23.0 Å². The van der Waals surface area contributed by atoms with Crippen molar-refractivity contribution in [3.63, 3.8) is 0 Å². The van der Waals surface area contributed by atoms with Crippen LogP contribution in [0.5, 0.6) is 11.5 Å². The second-order valence-corrected chi connectivity index (χ2v) is 9.57. The fraction of sp³-hybridized carbons (Fsp3) is 0.241. The van der Waals surface area contributed by atoms with E-state index in [2.05, 4.69) is 72.0 Å². The van der Waals surface area contributed by atoms with Gasteiger partial charge < -0.3 is 24.3 Å². The summed E-state index contributed by atoms with van der Waals surface area (Å²) in [6.45, 7) is 6.80. The number of ether oxygens (including phenoxy) is 2. The number of hydrogen-bond donors (Lipinski definition) is 1. The lowest BCUT2D eigenvalue weighted by atomic mass is 9.96. The third-order valence-electron chi connectivity index (χ3n) is 7.13. The molecule has 0 bridgehead atoms. The lowest BCUT2D eigenvalue weighted by molar-refractivity contribution is 0.174. The van der Waals surface area contributed by atoms with Crippen LogP contribution < -0.4 is 19.7 Å². The van der Waals surface area contributed by atoms with Crippen LogP contribution in [0.15, 0.2) is 72.9 Å². The molecular formula is C29H28N4O2S. The molecular weight excluding hydrogens is 468 g/mol. The number of nitrogens with one attached hydrogen (secondary N) is 1. The Kier molecular flexibility index (Phi) is 5.64. The molecule has 7 heteroatoms. The van der Waals surface area contributed by atoms with Crippen molar-refractivity contribution in [3.05, 3.63) is 101 Å². The zero-order valence-corrected chi connectivity index (χ0v) is 21.4. The maximum absolute atomic E-state index is 5.93. The molecule has 2 aromatic carbocycles. The van der Waals surface area contributed by atoms with Gasteiger partial charge in [-0.15, -0.1) is 0 Å². The molecule has 2 aliphatic heterocycles. The third kappa shape index (κ3) is 3.62. The molecule has 1 fully saturated rings. The second kappa shape index (κ2) is 8.99. The van der Waals surface area contributed by atoms with Crippen LogP contribution in [0.2, 0.25) is 0 Å². The summed E-state index contributed by atoms with van der Waals surface area (Å²) in [6.07, 6.45) is 2.80. The van der Waals surface area contributed by atoms with Crippen molar-refractivity contribution in [1.82, 2.24) is 14.9 Å². The molecule has 4 aromatic rings. The predicted molar refractivity (Wildman–Crippen MR) is 145 cm³/mol. The summed E-state index contributed by atoms with van der Waals surface area (Å²) in [6, 6.07) is 22.7. The zero-order chi connectivity index (χ0) is 24.8. The molecule has 0 saturated carbocycles. The van der Waals surface area contributed by atoms with Crippen LogP contribution in [0, 0.1) is 13.8 Å². The largest absolute Gasteiger partial charge is 0.454 e. The molecule has 0 unspecified atom stereocenters. The normalized spacial score (nSPS) is 18.5. The molecule has 1 saturated heterocycles. The number of anilines is 1. The molecule has 0 radical (unpaired) electrons. The first-order valence-corrected chi connectivity index (χ1v) is 12.6. The van der Waals surface area contributed by atoms with Gasteiger partial charge in [-0.1, -0.05) is 31.2 Å². The standard InChI is InChI=1S/C29H28N4O2S/c1-4-20-9-5-6-11-24(20)32-18(2)15-22(19(32)3)28-27(23-10-7-8-14-30-23)31-29(36)33(28)21-12-13-25-26(16-21)35-17-34-25/h5-16,27-28H,4,17H2,1-3H3,(H,31,36)/t27-,28+/m1/s1. The van der Waals surface area contributed by atoms with Crippen LogP contribution in [-0.4, -0.2) is 21.5 Å². The highest BCUT2D eigenvalue weighted by atomic mass is 32.1. The average Bonchev–Trinajstić information content (AvgIpc) is 3.59. The van der Waals surface area contributed by atoms with Gasteiger partial charge in [0.1, 0.15) is 0 Å². The average molecular weight is 497 g/mol. The molecule has 6 nitrogen and oxygen atoms in total. The van der Waals surface area contributed by atoms with E-state index in [4.69, 9.17) is 26.7 Å². The van der Waals surface area contributed by atoms with Gasteiger partial charge >= 0.3 is 0 Å². The zero-order valence-electron chi connectivity index (χ0n) is 20.6. The van der Waals surface area contributed by atoms with Crippen LogP contribution in [0.1, 0.15) is 47.2 Å². The highest BCUT2D eigenvalue weighted by Gasteiger charge is 2.42. The fourth-order valence-electron chi connectivity index (χ4n) is 5.47. The van der Waals surface area contributed by atoms with E-state index >= 15 is 0 Å². The lowest BCUT2D eigenvalue weighted by Crippen LogP contribution is -2.29. The predicted octanol–water partition coefficient (Wildman–Crippen LogP) is 5.96. The number of benzene rings is 2. The molecule has 4 heterocycles.